The maximum atomic E-state index is 11.4. The third-order valence-electron chi connectivity index (χ3n) is 2.58. The molecular weight excluding hydrogens is 240 g/mol. The van der Waals surface area contributed by atoms with Crippen LogP contribution >= 0.6 is 0 Å². The molecule has 0 saturated carbocycles. The highest BCUT2D eigenvalue weighted by molar-refractivity contribution is 7.89. The molecule has 0 amide bonds. The zero-order chi connectivity index (χ0) is 13.5. The standard InChI is InChI=1S/C11H26N2O3S/c1-6-13-17(14,15)8-7-12-10(2)9-11(3,4)16-5/h10,12-13H,6-9H2,1-5H3. The van der Waals surface area contributed by atoms with Crippen molar-refractivity contribution in [2.75, 3.05) is 26.0 Å². The van der Waals surface area contributed by atoms with Gasteiger partial charge < -0.3 is 10.1 Å². The predicted molar refractivity (Wildman–Crippen MR) is 70.6 cm³/mol. The molecule has 0 heterocycles. The van der Waals surface area contributed by atoms with E-state index >= 15 is 0 Å². The van der Waals surface area contributed by atoms with E-state index in [2.05, 4.69) is 10.0 Å². The molecule has 2 N–H and O–H groups in total. The van der Waals surface area contributed by atoms with E-state index in [0.717, 1.165) is 6.42 Å². The van der Waals surface area contributed by atoms with Crippen LogP contribution in [0.5, 0.6) is 0 Å². The Hall–Kier alpha value is -0.170. The Labute approximate surface area is 105 Å². The summed E-state index contributed by atoms with van der Waals surface area (Å²) in [5.41, 5.74) is -0.188. The molecule has 1 unspecified atom stereocenters. The second-order valence-electron chi connectivity index (χ2n) is 4.84. The zero-order valence-corrected chi connectivity index (χ0v) is 12.4. The SMILES string of the molecule is CCNS(=O)(=O)CCNC(C)CC(C)(C)OC. The molecule has 0 aromatic heterocycles. The van der Waals surface area contributed by atoms with E-state index in [-0.39, 0.29) is 17.4 Å². The molecule has 6 heteroatoms. The van der Waals surface area contributed by atoms with E-state index in [0.29, 0.717) is 13.1 Å². The molecule has 0 rings (SSSR count). The quantitative estimate of drug-likeness (QED) is 0.645. The normalized spacial score (nSPS) is 14.9. The van der Waals surface area contributed by atoms with Gasteiger partial charge in [-0.3, -0.25) is 0 Å². The molecular formula is C11H26N2O3S. The van der Waals surface area contributed by atoms with Crippen LogP contribution < -0.4 is 10.0 Å². The summed E-state index contributed by atoms with van der Waals surface area (Å²) < 4.78 is 30.5. The molecule has 0 spiro atoms. The molecule has 0 aromatic carbocycles. The van der Waals surface area contributed by atoms with Crippen molar-refractivity contribution in [3.8, 4) is 0 Å². The van der Waals surface area contributed by atoms with Crippen LogP contribution in [-0.4, -0.2) is 46.0 Å². The van der Waals surface area contributed by atoms with E-state index in [1.54, 1.807) is 14.0 Å². The number of nitrogens with one attached hydrogen (secondary N) is 2. The lowest BCUT2D eigenvalue weighted by Crippen LogP contribution is -2.39. The van der Waals surface area contributed by atoms with Crippen LogP contribution in [0.2, 0.25) is 0 Å². The van der Waals surface area contributed by atoms with Gasteiger partial charge in [-0.15, -0.1) is 0 Å². The van der Waals surface area contributed by atoms with Gasteiger partial charge in [0.25, 0.3) is 0 Å². The van der Waals surface area contributed by atoms with Crippen LogP contribution in [0.3, 0.4) is 0 Å². The van der Waals surface area contributed by atoms with Gasteiger partial charge in [-0.1, -0.05) is 6.92 Å². The van der Waals surface area contributed by atoms with Gasteiger partial charge in [0, 0.05) is 26.2 Å². The molecule has 104 valence electrons. The molecule has 0 bridgehead atoms. The van der Waals surface area contributed by atoms with Gasteiger partial charge in [0.05, 0.1) is 11.4 Å². The average molecular weight is 266 g/mol. The first-order chi connectivity index (χ1) is 7.72. The fourth-order valence-electron chi connectivity index (χ4n) is 1.62. The summed E-state index contributed by atoms with van der Waals surface area (Å²) in [7, 11) is -1.44. The highest BCUT2D eigenvalue weighted by atomic mass is 32.2. The smallest absolute Gasteiger partial charge is 0.212 e. The summed E-state index contributed by atoms with van der Waals surface area (Å²) in [6.45, 7) is 8.72. The van der Waals surface area contributed by atoms with Crippen LogP contribution in [0.15, 0.2) is 0 Å². The van der Waals surface area contributed by atoms with Crippen molar-refractivity contribution in [2.45, 2.75) is 45.8 Å². The van der Waals surface area contributed by atoms with Crippen molar-refractivity contribution in [1.82, 2.24) is 10.0 Å². The van der Waals surface area contributed by atoms with E-state index in [4.69, 9.17) is 4.74 Å². The van der Waals surface area contributed by atoms with Crippen molar-refractivity contribution in [1.29, 1.82) is 0 Å². The molecule has 0 aliphatic carbocycles. The topological polar surface area (TPSA) is 67.4 Å². The van der Waals surface area contributed by atoms with Crippen molar-refractivity contribution in [3.63, 3.8) is 0 Å². The van der Waals surface area contributed by atoms with Crippen molar-refractivity contribution in [3.05, 3.63) is 0 Å². The summed E-state index contributed by atoms with van der Waals surface area (Å²) in [6.07, 6.45) is 0.838. The number of hydrogen-bond acceptors (Lipinski definition) is 4. The molecule has 0 aromatic rings. The summed E-state index contributed by atoms with van der Waals surface area (Å²) in [5.74, 6) is 0.110. The summed E-state index contributed by atoms with van der Waals surface area (Å²) in [6, 6.07) is 0.224. The lowest BCUT2D eigenvalue weighted by atomic mass is 10.00. The highest BCUT2D eigenvalue weighted by Crippen LogP contribution is 2.14. The van der Waals surface area contributed by atoms with Crippen LogP contribution in [0, 0.1) is 0 Å². The third kappa shape index (κ3) is 8.54. The Morgan fingerprint density at radius 3 is 2.41 bits per heavy atom. The molecule has 0 radical (unpaired) electrons. The maximum absolute atomic E-state index is 11.4. The maximum Gasteiger partial charge on any atom is 0.212 e. The monoisotopic (exact) mass is 266 g/mol. The number of hydrogen-bond donors (Lipinski definition) is 2. The average Bonchev–Trinajstić information content (AvgIpc) is 2.16. The van der Waals surface area contributed by atoms with Gasteiger partial charge in [-0.2, -0.15) is 0 Å². The van der Waals surface area contributed by atoms with E-state index in [1.165, 1.54) is 0 Å². The van der Waals surface area contributed by atoms with Gasteiger partial charge in [-0.25, -0.2) is 13.1 Å². The van der Waals surface area contributed by atoms with Crippen LogP contribution in [0.25, 0.3) is 0 Å². The van der Waals surface area contributed by atoms with Gasteiger partial charge in [0.2, 0.25) is 10.0 Å². The fraction of sp³-hybridized carbons (Fsp3) is 1.00. The number of methoxy groups -OCH3 is 1. The first-order valence-electron chi connectivity index (χ1n) is 5.98. The van der Waals surface area contributed by atoms with Crippen LogP contribution in [0.1, 0.15) is 34.1 Å². The largest absolute Gasteiger partial charge is 0.379 e. The van der Waals surface area contributed by atoms with Crippen LogP contribution in [0.4, 0.5) is 0 Å². The molecule has 17 heavy (non-hydrogen) atoms. The molecule has 5 nitrogen and oxygen atoms in total. The molecule has 0 saturated heterocycles. The summed E-state index contributed by atoms with van der Waals surface area (Å²) in [4.78, 5) is 0. The number of rotatable bonds is 9. The Morgan fingerprint density at radius 2 is 1.94 bits per heavy atom. The fourth-order valence-corrected chi connectivity index (χ4v) is 2.60. The first-order valence-corrected chi connectivity index (χ1v) is 7.63. The number of ether oxygens (including phenoxy) is 1. The summed E-state index contributed by atoms with van der Waals surface area (Å²) in [5, 5.41) is 3.19. The van der Waals surface area contributed by atoms with Crippen molar-refractivity contribution < 1.29 is 13.2 Å². The minimum atomic E-state index is -3.12. The predicted octanol–water partition coefficient (Wildman–Crippen LogP) is 0.719. The van der Waals surface area contributed by atoms with Gasteiger partial charge in [0.1, 0.15) is 0 Å². The molecule has 0 aliphatic heterocycles. The lowest BCUT2D eigenvalue weighted by Gasteiger charge is -2.27. The van der Waals surface area contributed by atoms with Gasteiger partial charge >= 0.3 is 0 Å². The van der Waals surface area contributed by atoms with E-state index < -0.39 is 10.0 Å². The van der Waals surface area contributed by atoms with Crippen molar-refractivity contribution >= 4 is 10.0 Å². The minimum Gasteiger partial charge on any atom is -0.379 e. The highest BCUT2D eigenvalue weighted by Gasteiger charge is 2.20. The second-order valence-corrected chi connectivity index (χ2v) is 6.77. The molecule has 0 aliphatic rings. The Morgan fingerprint density at radius 1 is 1.35 bits per heavy atom. The van der Waals surface area contributed by atoms with Crippen molar-refractivity contribution in [2.24, 2.45) is 0 Å². The summed E-state index contributed by atoms with van der Waals surface area (Å²) >= 11 is 0. The van der Waals surface area contributed by atoms with Gasteiger partial charge in [0.15, 0.2) is 0 Å². The Bertz CT molecular complexity index is 302. The van der Waals surface area contributed by atoms with E-state index in [1.807, 2.05) is 20.8 Å². The van der Waals surface area contributed by atoms with Gasteiger partial charge in [-0.05, 0) is 27.2 Å². The minimum absolute atomic E-state index is 0.110. The second kappa shape index (κ2) is 7.31. The number of sulfonamides is 1. The molecule has 1 atom stereocenters. The van der Waals surface area contributed by atoms with Crippen LogP contribution in [-0.2, 0) is 14.8 Å². The first kappa shape index (κ1) is 16.8. The van der Waals surface area contributed by atoms with E-state index in [9.17, 15) is 8.42 Å². The zero-order valence-electron chi connectivity index (χ0n) is 11.5. The molecule has 0 fully saturated rings. The Balaban J connectivity index is 3.90. The Kier molecular flexibility index (Phi) is 7.23. The third-order valence-corrected chi connectivity index (χ3v) is 4.05. The lowest BCUT2D eigenvalue weighted by molar-refractivity contribution is 0.00876.